The van der Waals surface area contributed by atoms with Crippen LogP contribution in [0.4, 0.5) is 22.7 Å². The number of esters is 1. The predicted octanol–water partition coefficient (Wildman–Crippen LogP) is 4.59. The molecule has 0 radical (unpaired) electrons. The van der Waals surface area contributed by atoms with Crippen molar-refractivity contribution in [2.45, 2.75) is 27.7 Å². The third-order valence-electron chi connectivity index (χ3n) is 4.22. The van der Waals surface area contributed by atoms with E-state index in [0.29, 0.717) is 11.4 Å². The number of anilines is 2. The molecule has 0 fully saturated rings. The Labute approximate surface area is 165 Å². The smallest absolute Gasteiger partial charge is 0.325 e. The molecule has 0 aliphatic heterocycles. The maximum atomic E-state index is 11.6. The molecule has 148 valence electrons. The van der Waals surface area contributed by atoms with E-state index in [0.717, 1.165) is 22.5 Å². The molecule has 0 aromatic heterocycles. The van der Waals surface area contributed by atoms with E-state index in [1.807, 2.05) is 26.8 Å². The second-order valence-corrected chi connectivity index (χ2v) is 6.76. The van der Waals surface area contributed by atoms with Gasteiger partial charge in [-0.15, -0.1) is 10.2 Å². The molecule has 1 amide bonds. The van der Waals surface area contributed by atoms with Gasteiger partial charge in [0.2, 0.25) is 5.91 Å². The van der Waals surface area contributed by atoms with E-state index in [2.05, 4.69) is 27.7 Å². The van der Waals surface area contributed by atoms with E-state index in [1.54, 1.807) is 24.1 Å². The van der Waals surface area contributed by atoms with Gasteiger partial charge in [0.25, 0.3) is 0 Å². The number of rotatable bonds is 6. The number of carbonyl (C=O) groups is 2. The summed E-state index contributed by atoms with van der Waals surface area (Å²) in [6, 6.07) is 9.45. The Morgan fingerprint density at radius 3 is 2.29 bits per heavy atom. The first kappa shape index (κ1) is 21.1. The molecule has 2 aromatic carbocycles. The van der Waals surface area contributed by atoms with Crippen LogP contribution in [0.15, 0.2) is 40.6 Å². The molecule has 0 unspecified atom stereocenters. The predicted molar refractivity (Wildman–Crippen MR) is 111 cm³/mol. The summed E-state index contributed by atoms with van der Waals surface area (Å²) in [5, 5.41) is 11.5. The van der Waals surface area contributed by atoms with E-state index >= 15 is 0 Å². The highest BCUT2D eigenvalue weighted by molar-refractivity contribution is 5.93. The number of nitrogens with one attached hydrogen (secondary N) is 1. The molecule has 0 saturated heterocycles. The molecule has 1 N–H and O–H groups in total. The summed E-state index contributed by atoms with van der Waals surface area (Å²) >= 11 is 0. The number of likely N-dealkylation sites (N-methyl/N-ethyl adjacent to an activating group) is 1. The van der Waals surface area contributed by atoms with Crippen molar-refractivity contribution in [3.8, 4) is 0 Å². The third kappa shape index (κ3) is 5.39. The first-order valence-electron chi connectivity index (χ1n) is 8.90. The number of nitrogens with zero attached hydrogens (tertiary/aromatic N) is 3. The maximum Gasteiger partial charge on any atom is 0.325 e. The Kier molecular flexibility index (Phi) is 6.87. The van der Waals surface area contributed by atoms with Crippen molar-refractivity contribution >= 4 is 34.6 Å². The fraction of sp³-hybridized carbons (Fsp3) is 0.333. The maximum absolute atomic E-state index is 11.6. The number of carbonyl (C=O) groups excluding carboxylic acids is 2. The number of aryl methyl sites for hydroxylation is 3. The standard InChI is InChI=1S/C21H26N4O3/c1-13-9-14(2)21(15(3)10-13)24-23-18-8-7-17(11-19(18)22-16(4)26)25(5)12-20(27)28-6/h7-11H,12H2,1-6H3,(H,22,26). The van der Waals surface area contributed by atoms with Crippen LogP contribution in [0.2, 0.25) is 0 Å². The van der Waals surface area contributed by atoms with E-state index < -0.39 is 0 Å². The average molecular weight is 382 g/mol. The Hall–Kier alpha value is -3.22. The molecule has 7 nitrogen and oxygen atoms in total. The fourth-order valence-electron chi connectivity index (χ4n) is 2.92. The number of amides is 1. The normalized spacial score (nSPS) is 10.8. The summed E-state index contributed by atoms with van der Waals surface area (Å²) in [7, 11) is 3.11. The van der Waals surface area contributed by atoms with Crippen molar-refractivity contribution in [2.24, 2.45) is 10.2 Å². The van der Waals surface area contributed by atoms with Crippen molar-refractivity contribution in [1.82, 2.24) is 0 Å². The summed E-state index contributed by atoms with van der Waals surface area (Å²) in [4.78, 5) is 24.9. The fourth-order valence-corrected chi connectivity index (χ4v) is 2.92. The molecule has 2 aromatic rings. The second-order valence-electron chi connectivity index (χ2n) is 6.76. The summed E-state index contributed by atoms with van der Waals surface area (Å²) in [5.41, 5.74) is 5.86. The van der Waals surface area contributed by atoms with Crippen molar-refractivity contribution in [3.63, 3.8) is 0 Å². The molecule has 0 atom stereocenters. The molecule has 28 heavy (non-hydrogen) atoms. The molecule has 2 rings (SSSR count). The van der Waals surface area contributed by atoms with Crippen LogP contribution >= 0.6 is 0 Å². The lowest BCUT2D eigenvalue weighted by molar-refractivity contribution is -0.138. The number of azo groups is 1. The quantitative estimate of drug-likeness (QED) is 0.585. The van der Waals surface area contributed by atoms with Crippen molar-refractivity contribution in [3.05, 3.63) is 47.0 Å². The van der Waals surface area contributed by atoms with E-state index in [9.17, 15) is 9.59 Å². The van der Waals surface area contributed by atoms with E-state index in [4.69, 9.17) is 4.74 Å². The minimum absolute atomic E-state index is 0.0959. The Morgan fingerprint density at radius 2 is 1.71 bits per heavy atom. The van der Waals surface area contributed by atoms with Gasteiger partial charge in [-0.1, -0.05) is 17.7 Å². The average Bonchev–Trinajstić information content (AvgIpc) is 2.61. The SMILES string of the molecule is COC(=O)CN(C)c1ccc(N=Nc2c(C)cc(C)cc2C)c(NC(C)=O)c1. The first-order valence-corrected chi connectivity index (χ1v) is 8.90. The molecular weight excluding hydrogens is 356 g/mol. The highest BCUT2D eigenvalue weighted by Gasteiger charge is 2.12. The topological polar surface area (TPSA) is 83.4 Å². The highest BCUT2D eigenvalue weighted by atomic mass is 16.5. The zero-order valence-electron chi connectivity index (χ0n) is 17.2. The third-order valence-corrected chi connectivity index (χ3v) is 4.22. The molecule has 0 spiro atoms. The Balaban J connectivity index is 2.38. The van der Waals surface area contributed by atoms with Crippen LogP contribution < -0.4 is 10.2 Å². The molecular formula is C21H26N4O3. The van der Waals surface area contributed by atoms with Gasteiger partial charge >= 0.3 is 5.97 Å². The Morgan fingerprint density at radius 1 is 1.07 bits per heavy atom. The molecule has 0 heterocycles. The summed E-state index contributed by atoms with van der Waals surface area (Å²) in [5.74, 6) is -0.565. The second kappa shape index (κ2) is 9.12. The number of hydrogen-bond acceptors (Lipinski definition) is 6. The summed E-state index contributed by atoms with van der Waals surface area (Å²) in [6.07, 6.45) is 0. The van der Waals surface area contributed by atoms with Gasteiger partial charge in [0.1, 0.15) is 12.2 Å². The van der Waals surface area contributed by atoms with Gasteiger partial charge in [-0.05, 0) is 50.1 Å². The largest absolute Gasteiger partial charge is 0.468 e. The van der Waals surface area contributed by atoms with Crippen LogP contribution in [0.25, 0.3) is 0 Å². The lowest BCUT2D eigenvalue weighted by atomic mass is 10.1. The van der Waals surface area contributed by atoms with Crippen LogP contribution in [-0.4, -0.2) is 32.6 Å². The van der Waals surface area contributed by atoms with E-state index in [-0.39, 0.29) is 18.4 Å². The number of ether oxygens (including phenoxy) is 1. The zero-order chi connectivity index (χ0) is 20.8. The minimum atomic E-state index is -0.349. The van der Waals surface area contributed by atoms with Crippen molar-refractivity contribution in [1.29, 1.82) is 0 Å². The lowest BCUT2D eigenvalue weighted by Gasteiger charge is -2.19. The van der Waals surface area contributed by atoms with Crippen molar-refractivity contribution in [2.75, 3.05) is 30.9 Å². The van der Waals surface area contributed by atoms with Crippen LogP contribution in [0, 0.1) is 20.8 Å². The van der Waals surface area contributed by atoms with Crippen LogP contribution in [-0.2, 0) is 14.3 Å². The van der Waals surface area contributed by atoms with Gasteiger partial charge in [-0.3, -0.25) is 9.59 Å². The van der Waals surface area contributed by atoms with Gasteiger partial charge in [-0.2, -0.15) is 0 Å². The van der Waals surface area contributed by atoms with Crippen LogP contribution in [0.1, 0.15) is 23.6 Å². The molecule has 0 saturated carbocycles. The highest BCUT2D eigenvalue weighted by Crippen LogP contribution is 2.33. The Bertz CT molecular complexity index is 899. The molecule has 0 bridgehead atoms. The number of benzene rings is 2. The molecule has 0 aliphatic rings. The van der Waals surface area contributed by atoms with Crippen molar-refractivity contribution < 1.29 is 14.3 Å². The van der Waals surface area contributed by atoms with Gasteiger partial charge in [0, 0.05) is 19.7 Å². The lowest BCUT2D eigenvalue weighted by Crippen LogP contribution is -2.26. The van der Waals surface area contributed by atoms with Gasteiger partial charge < -0.3 is 15.0 Å². The summed E-state index contributed by atoms with van der Waals surface area (Å²) in [6.45, 7) is 7.56. The van der Waals surface area contributed by atoms with Gasteiger partial charge in [0.15, 0.2) is 0 Å². The van der Waals surface area contributed by atoms with E-state index in [1.165, 1.54) is 19.6 Å². The van der Waals surface area contributed by atoms with Gasteiger partial charge in [-0.25, -0.2) is 0 Å². The molecule has 0 aliphatic carbocycles. The molecule has 7 heteroatoms. The van der Waals surface area contributed by atoms with Gasteiger partial charge in [0.05, 0.1) is 18.5 Å². The zero-order valence-corrected chi connectivity index (χ0v) is 17.2. The first-order chi connectivity index (χ1) is 13.2. The van der Waals surface area contributed by atoms with Crippen LogP contribution in [0.5, 0.6) is 0 Å². The van der Waals surface area contributed by atoms with Crippen LogP contribution in [0.3, 0.4) is 0 Å². The monoisotopic (exact) mass is 382 g/mol. The summed E-state index contributed by atoms with van der Waals surface area (Å²) < 4.78 is 4.70. The minimum Gasteiger partial charge on any atom is -0.468 e. The number of methoxy groups -OCH3 is 1. The number of hydrogen-bond donors (Lipinski definition) is 1.